The van der Waals surface area contributed by atoms with Crippen LogP contribution in [0.3, 0.4) is 0 Å². The van der Waals surface area contributed by atoms with Crippen LogP contribution in [0.25, 0.3) is 10.3 Å². The van der Waals surface area contributed by atoms with Gasteiger partial charge in [0.1, 0.15) is 10.3 Å². The van der Waals surface area contributed by atoms with Gasteiger partial charge in [-0.05, 0) is 52.9 Å². The van der Waals surface area contributed by atoms with E-state index in [0.29, 0.717) is 23.7 Å². The molecule has 1 fully saturated rings. The Morgan fingerprint density at radius 1 is 1.20 bits per heavy atom. The topological polar surface area (TPSA) is 49.3 Å². The minimum atomic E-state index is 0.0394. The second-order valence-corrected chi connectivity index (χ2v) is 8.28. The van der Waals surface area contributed by atoms with E-state index in [2.05, 4.69) is 37.5 Å². The number of rotatable bonds is 2. The molecule has 0 unspecified atom stereocenters. The van der Waals surface area contributed by atoms with Gasteiger partial charge in [0.15, 0.2) is 5.13 Å². The summed E-state index contributed by atoms with van der Waals surface area (Å²) >= 11 is 9.82. The molecule has 0 atom stereocenters. The fourth-order valence-electron chi connectivity index (χ4n) is 2.83. The highest BCUT2D eigenvalue weighted by Crippen LogP contribution is 2.28. The molecule has 0 radical (unpaired) electrons. The number of benzene rings is 1. The normalized spacial score (nSPS) is 15.0. The second kappa shape index (κ2) is 7.05. The third kappa shape index (κ3) is 3.45. The maximum absolute atomic E-state index is 12.8. The molecule has 4 rings (SSSR count). The van der Waals surface area contributed by atoms with E-state index in [0.717, 1.165) is 32.1 Å². The molecule has 1 saturated heterocycles. The van der Waals surface area contributed by atoms with Crippen molar-refractivity contribution in [1.82, 2.24) is 14.9 Å². The molecule has 128 valence electrons. The molecule has 3 aromatic rings. The van der Waals surface area contributed by atoms with Gasteiger partial charge >= 0.3 is 0 Å². The van der Waals surface area contributed by atoms with Crippen LogP contribution in [0, 0.1) is 3.57 Å². The van der Waals surface area contributed by atoms with E-state index < -0.39 is 0 Å². The molecular weight excluding hydrogens is 471 g/mol. The fraction of sp³-hybridized carbons (Fsp3) is 0.235. The van der Waals surface area contributed by atoms with Gasteiger partial charge in [0, 0.05) is 41.0 Å². The maximum Gasteiger partial charge on any atom is 0.255 e. The number of halogens is 2. The summed E-state index contributed by atoms with van der Waals surface area (Å²) < 4.78 is 0.923. The van der Waals surface area contributed by atoms with E-state index in [1.807, 2.05) is 23.1 Å². The van der Waals surface area contributed by atoms with Gasteiger partial charge in [0.05, 0.1) is 5.56 Å². The average Bonchev–Trinajstić information content (AvgIpc) is 3.07. The van der Waals surface area contributed by atoms with Crippen molar-refractivity contribution in [2.45, 2.75) is 0 Å². The number of amides is 1. The zero-order valence-electron chi connectivity index (χ0n) is 13.2. The van der Waals surface area contributed by atoms with E-state index in [4.69, 9.17) is 11.6 Å². The number of aromatic nitrogens is 2. The Kier molecular flexibility index (Phi) is 4.79. The fourth-order valence-corrected chi connectivity index (χ4v) is 4.52. The van der Waals surface area contributed by atoms with Crippen molar-refractivity contribution in [3.05, 3.63) is 50.7 Å². The Hall–Kier alpha value is -1.45. The van der Waals surface area contributed by atoms with Gasteiger partial charge < -0.3 is 9.80 Å². The quantitative estimate of drug-likeness (QED) is 0.518. The number of hydrogen-bond acceptors (Lipinski definition) is 5. The Balaban J connectivity index is 1.47. The standard InChI is InChI=1S/C17H14ClIN4OS/c18-11-3-4-13(19)12(10-11)16(24)22-6-8-23(9-7-22)17-21-14-2-1-5-20-15(14)25-17/h1-5,10H,6-9H2. The second-order valence-electron chi connectivity index (χ2n) is 5.73. The number of hydrogen-bond donors (Lipinski definition) is 0. The van der Waals surface area contributed by atoms with E-state index in [-0.39, 0.29) is 5.91 Å². The Bertz CT molecular complexity index is 906. The summed E-state index contributed by atoms with van der Waals surface area (Å²) in [6, 6.07) is 9.30. The van der Waals surface area contributed by atoms with Crippen LogP contribution in [0.2, 0.25) is 5.02 Å². The number of anilines is 1. The highest BCUT2D eigenvalue weighted by molar-refractivity contribution is 14.1. The number of fused-ring (bicyclic) bond motifs is 1. The first kappa shape index (κ1) is 17.0. The largest absolute Gasteiger partial charge is 0.344 e. The SMILES string of the molecule is O=C(c1cc(Cl)ccc1I)N1CCN(c2nc3cccnc3s2)CC1. The van der Waals surface area contributed by atoms with Crippen molar-refractivity contribution in [2.75, 3.05) is 31.1 Å². The minimum Gasteiger partial charge on any atom is -0.344 e. The lowest BCUT2D eigenvalue weighted by molar-refractivity contribution is 0.0745. The molecule has 2 aromatic heterocycles. The number of thiazole rings is 1. The Morgan fingerprint density at radius 2 is 2.00 bits per heavy atom. The first-order valence-electron chi connectivity index (χ1n) is 7.82. The lowest BCUT2D eigenvalue weighted by Crippen LogP contribution is -2.49. The van der Waals surface area contributed by atoms with Gasteiger partial charge in [-0.15, -0.1) is 0 Å². The summed E-state index contributed by atoms with van der Waals surface area (Å²) in [5, 5.41) is 1.56. The Labute approximate surface area is 167 Å². The number of carbonyl (C=O) groups excluding carboxylic acids is 1. The summed E-state index contributed by atoms with van der Waals surface area (Å²) in [4.78, 5) is 26.8. The molecule has 3 heterocycles. The van der Waals surface area contributed by atoms with Crippen LogP contribution in [0.1, 0.15) is 10.4 Å². The predicted molar refractivity (Wildman–Crippen MR) is 110 cm³/mol. The molecular formula is C17H14ClIN4OS. The summed E-state index contributed by atoms with van der Waals surface area (Å²) in [7, 11) is 0. The average molecular weight is 485 g/mol. The predicted octanol–water partition coefficient (Wildman–Crippen LogP) is 3.91. The monoisotopic (exact) mass is 484 g/mol. The third-order valence-electron chi connectivity index (χ3n) is 4.15. The number of pyridine rings is 1. The molecule has 1 aliphatic heterocycles. The lowest BCUT2D eigenvalue weighted by Gasteiger charge is -2.34. The van der Waals surface area contributed by atoms with Gasteiger partial charge in [0.2, 0.25) is 0 Å². The summed E-state index contributed by atoms with van der Waals surface area (Å²) in [5.41, 5.74) is 1.60. The molecule has 0 aliphatic carbocycles. The Morgan fingerprint density at radius 3 is 2.76 bits per heavy atom. The molecule has 1 amide bonds. The molecule has 8 heteroatoms. The molecule has 1 aromatic carbocycles. The van der Waals surface area contributed by atoms with Crippen molar-refractivity contribution in [1.29, 1.82) is 0 Å². The van der Waals surface area contributed by atoms with Gasteiger partial charge in [0.25, 0.3) is 5.91 Å². The highest BCUT2D eigenvalue weighted by Gasteiger charge is 2.25. The molecule has 0 N–H and O–H groups in total. The molecule has 25 heavy (non-hydrogen) atoms. The first-order chi connectivity index (χ1) is 12.1. The first-order valence-corrected chi connectivity index (χ1v) is 10.1. The summed E-state index contributed by atoms with van der Waals surface area (Å²) in [6.45, 7) is 2.88. The van der Waals surface area contributed by atoms with Crippen LogP contribution >= 0.6 is 45.5 Å². The summed E-state index contributed by atoms with van der Waals surface area (Å²) in [5.74, 6) is 0.0394. The molecule has 1 aliphatic rings. The molecule has 0 saturated carbocycles. The van der Waals surface area contributed by atoms with Crippen LogP contribution in [-0.4, -0.2) is 47.0 Å². The molecule has 0 bridgehead atoms. The van der Waals surface area contributed by atoms with Crippen molar-refractivity contribution in [3.63, 3.8) is 0 Å². The summed E-state index contributed by atoms with van der Waals surface area (Å²) in [6.07, 6.45) is 1.79. The molecule has 0 spiro atoms. The van der Waals surface area contributed by atoms with Gasteiger partial charge in [-0.25, -0.2) is 9.97 Å². The number of piperazine rings is 1. The maximum atomic E-state index is 12.8. The third-order valence-corrected chi connectivity index (χ3v) is 6.37. The zero-order valence-corrected chi connectivity index (χ0v) is 16.9. The van der Waals surface area contributed by atoms with Crippen molar-refractivity contribution >= 4 is 66.9 Å². The number of nitrogens with zero attached hydrogens (tertiary/aromatic N) is 4. The zero-order chi connectivity index (χ0) is 17.4. The van der Waals surface area contributed by atoms with E-state index in [1.165, 1.54) is 0 Å². The van der Waals surface area contributed by atoms with Crippen LogP contribution < -0.4 is 4.90 Å². The van der Waals surface area contributed by atoms with Crippen LogP contribution in [-0.2, 0) is 0 Å². The molecule has 5 nitrogen and oxygen atoms in total. The lowest BCUT2D eigenvalue weighted by atomic mass is 10.2. The highest BCUT2D eigenvalue weighted by atomic mass is 127. The van der Waals surface area contributed by atoms with Crippen molar-refractivity contribution < 1.29 is 4.79 Å². The van der Waals surface area contributed by atoms with Gasteiger partial charge in [-0.2, -0.15) is 0 Å². The number of carbonyl (C=O) groups is 1. The van der Waals surface area contributed by atoms with Gasteiger partial charge in [-0.1, -0.05) is 22.9 Å². The van der Waals surface area contributed by atoms with Crippen molar-refractivity contribution in [3.8, 4) is 0 Å². The minimum absolute atomic E-state index is 0.0394. The van der Waals surface area contributed by atoms with E-state index in [9.17, 15) is 4.79 Å². The van der Waals surface area contributed by atoms with Crippen LogP contribution in [0.15, 0.2) is 36.5 Å². The van der Waals surface area contributed by atoms with E-state index in [1.54, 1.807) is 29.7 Å². The van der Waals surface area contributed by atoms with Crippen molar-refractivity contribution in [2.24, 2.45) is 0 Å². The van der Waals surface area contributed by atoms with Gasteiger partial charge in [-0.3, -0.25) is 4.79 Å². The van der Waals surface area contributed by atoms with Crippen LogP contribution in [0.4, 0.5) is 5.13 Å². The smallest absolute Gasteiger partial charge is 0.255 e. The van der Waals surface area contributed by atoms with Crippen LogP contribution in [0.5, 0.6) is 0 Å². The van der Waals surface area contributed by atoms with E-state index >= 15 is 0 Å².